The average Bonchev–Trinajstić information content (AvgIpc) is 2.43. The van der Waals surface area contributed by atoms with Gasteiger partial charge in [0.15, 0.2) is 0 Å². The first-order chi connectivity index (χ1) is 10.5. The number of hydrogen-bond donors (Lipinski definition) is 1. The topological polar surface area (TPSA) is 15.3 Å². The number of nitrogens with one attached hydrogen (secondary N) is 1. The van der Waals surface area contributed by atoms with Gasteiger partial charge in [-0.2, -0.15) is 13.2 Å². The van der Waals surface area contributed by atoms with Crippen LogP contribution in [0.5, 0.6) is 0 Å². The zero-order valence-corrected chi connectivity index (χ0v) is 14.3. The van der Waals surface area contributed by atoms with Gasteiger partial charge in [0.2, 0.25) is 0 Å². The molecule has 2 fully saturated rings. The van der Waals surface area contributed by atoms with Crippen LogP contribution in [0.4, 0.5) is 13.2 Å². The summed E-state index contributed by atoms with van der Waals surface area (Å²) in [4.78, 5) is 2.32. The maximum atomic E-state index is 13.1. The van der Waals surface area contributed by atoms with Gasteiger partial charge >= 0.3 is 6.18 Å². The normalized spacial score (nSPS) is 21.4. The van der Waals surface area contributed by atoms with Gasteiger partial charge < -0.3 is 5.32 Å². The fourth-order valence-electron chi connectivity index (χ4n) is 3.44. The third kappa shape index (κ3) is 4.13. The van der Waals surface area contributed by atoms with Crippen LogP contribution in [0.2, 0.25) is 5.02 Å². The summed E-state index contributed by atoms with van der Waals surface area (Å²) in [6.45, 7) is 3.54. The lowest BCUT2D eigenvalue weighted by Gasteiger charge is -2.43. The molecule has 0 unspecified atom stereocenters. The molecule has 1 N–H and O–H groups in total. The molecule has 0 amide bonds. The smallest absolute Gasteiger partial charge is 0.314 e. The molecule has 1 aromatic carbocycles. The van der Waals surface area contributed by atoms with Crippen molar-refractivity contribution in [1.29, 1.82) is 0 Å². The van der Waals surface area contributed by atoms with E-state index in [4.69, 9.17) is 11.6 Å². The summed E-state index contributed by atoms with van der Waals surface area (Å²) >= 11 is 5.76. The molecule has 1 aromatic rings. The number of alkyl halides is 3. The van der Waals surface area contributed by atoms with Gasteiger partial charge in [0, 0.05) is 32.2 Å². The number of halogens is 5. The molecule has 1 aliphatic heterocycles. The Kier molecular flexibility index (Phi) is 6.22. The van der Waals surface area contributed by atoms with Gasteiger partial charge in [-0.25, -0.2) is 0 Å². The molecule has 130 valence electrons. The van der Waals surface area contributed by atoms with Crippen LogP contribution in [0, 0.1) is 5.92 Å². The molecular weight excluding hydrogens is 348 g/mol. The van der Waals surface area contributed by atoms with E-state index < -0.39 is 11.7 Å². The van der Waals surface area contributed by atoms with E-state index in [0.717, 1.165) is 44.6 Å². The van der Waals surface area contributed by atoms with E-state index in [1.54, 1.807) is 6.07 Å². The minimum atomic E-state index is -4.40. The third-order valence-corrected chi connectivity index (χ3v) is 5.11. The first kappa shape index (κ1) is 18.8. The Morgan fingerprint density at radius 3 is 2.35 bits per heavy atom. The highest BCUT2D eigenvalue weighted by Gasteiger charge is 2.37. The summed E-state index contributed by atoms with van der Waals surface area (Å²) in [5, 5.41) is 3.08. The molecule has 1 atom stereocenters. The van der Waals surface area contributed by atoms with Gasteiger partial charge in [-0.05, 0) is 36.5 Å². The van der Waals surface area contributed by atoms with Crippen LogP contribution in [-0.4, -0.2) is 31.1 Å². The molecule has 1 heterocycles. The molecule has 1 saturated heterocycles. The molecular formula is C16H21Cl2F3N2. The highest BCUT2D eigenvalue weighted by molar-refractivity contribution is 6.31. The fourth-order valence-corrected chi connectivity index (χ4v) is 3.67. The number of hydrogen-bond acceptors (Lipinski definition) is 2. The van der Waals surface area contributed by atoms with E-state index in [1.165, 1.54) is 18.6 Å². The largest absolute Gasteiger partial charge is 0.417 e. The van der Waals surface area contributed by atoms with Crippen molar-refractivity contribution in [3.8, 4) is 0 Å². The minimum Gasteiger partial charge on any atom is -0.314 e. The van der Waals surface area contributed by atoms with Gasteiger partial charge in [0.1, 0.15) is 0 Å². The lowest BCUT2D eigenvalue weighted by atomic mass is 9.76. The minimum absolute atomic E-state index is 0. The molecule has 23 heavy (non-hydrogen) atoms. The van der Waals surface area contributed by atoms with Crippen molar-refractivity contribution in [2.24, 2.45) is 5.92 Å². The molecule has 1 saturated carbocycles. The van der Waals surface area contributed by atoms with E-state index in [0.29, 0.717) is 5.92 Å². The van der Waals surface area contributed by atoms with E-state index in [2.05, 4.69) is 10.2 Å². The molecule has 2 nitrogen and oxygen atoms in total. The summed E-state index contributed by atoms with van der Waals surface area (Å²) in [7, 11) is 0. The summed E-state index contributed by atoms with van der Waals surface area (Å²) < 4.78 is 39.4. The van der Waals surface area contributed by atoms with Crippen molar-refractivity contribution in [2.45, 2.75) is 31.5 Å². The summed E-state index contributed by atoms with van der Waals surface area (Å²) in [6, 6.07) is 4.50. The van der Waals surface area contributed by atoms with E-state index in [9.17, 15) is 13.2 Å². The number of rotatable bonds is 3. The number of piperazine rings is 1. The molecule has 3 rings (SSSR count). The zero-order chi connectivity index (χ0) is 15.7. The lowest BCUT2D eigenvalue weighted by Crippen LogP contribution is -2.47. The SMILES string of the molecule is Cl.FC(F)(F)c1cc([C@@H](C2CCC2)N2CCNCC2)ccc1Cl. The molecule has 2 aliphatic rings. The van der Waals surface area contributed by atoms with Gasteiger partial charge in [0.05, 0.1) is 10.6 Å². The predicted octanol–water partition coefficient (Wildman–Crippen LogP) is 4.53. The Labute approximate surface area is 145 Å². The number of benzene rings is 1. The van der Waals surface area contributed by atoms with Crippen molar-refractivity contribution in [3.05, 3.63) is 34.3 Å². The van der Waals surface area contributed by atoms with Crippen LogP contribution in [0.3, 0.4) is 0 Å². The maximum Gasteiger partial charge on any atom is 0.417 e. The summed E-state index contributed by atoms with van der Waals surface area (Å²) in [6.07, 6.45) is -1.04. The first-order valence-electron chi connectivity index (χ1n) is 7.78. The highest BCUT2D eigenvalue weighted by Crippen LogP contribution is 2.44. The Bertz CT molecular complexity index is 527. The molecule has 0 aromatic heterocycles. The van der Waals surface area contributed by atoms with Crippen molar-refractivity contribution >= 4 is 24.0 Å². The average molecular weight is 369 g/mol. The lowest BCUT2D eigenvalue weighted by molar-refractivity contribution is -0.137. The fraction of sp³-hybridized carbons (Fsp3) is 0.625. The highest BCUT2D eigenvalue weighted by atomic mass is 35.5. The molecule has 7 heteroatoms. The third-order valence-electron chi connectivity index (χ3n) is 4.78. The number of nitrogens with zero attached hydrogens (tertiary/aromatic N) is 1. The Morgan fingerprint density at radius 2 is 1.83 bits per heavy atom. The molecule has 0 radical (unpaired) electrons. The summed E-state index contributed by atoms with van der Waals surface area (Å²) in [5.74, 6) is 0.459. The second-order valence-corrected chi connectivity index (χ2v) is 6.57. The van der Waals surface area contributed by atoms with Gasteiger partial charge in [-0.3, -0.25) is 4.90 Å². The second-order valence-electron chi connectivity index (χ2n) is 6.16. The first-order valence-corrected chi connectivity index (χ1v) is 8.16. The monoisotopic (exact) mass is 368 g/mol. The maximum absolute atomic E-state index is 13.1. The second kappa shape index (κ2) is 7.60. The van der Waals surface area contributed by atoms with Crippen LogP contribution in [0.15, 0.2) is 18.2 Å². The Morgan fingerprint density at radius 1 is 1.17 bits per heavy atom. The van der Waals surface area contributed by atoms with Crippen molar-refractivity contribution in [3.63, 3.8) is 0 Å². The Balaban J connectivity index is 0.00000192. The summed E-state index contributed by atoms with van der Waals surface area (Å²) in [5.41, 5.74) is 0.0365. The van der Waals surface area contributed by atoms with Crippen LogP contribution < -0.4 is 5.32 Å². The molecule has 0 spiro atoms. The van der Waals surface area contributed by atoms with E-state index >= 15 is 0 Å². The van der Waals surface area contributed by atoms with Crippen molar-refractivity contribution in [1.82, 2.24) is 10.2 Å². The van der Waals surface area contributed by atoms with Crippen LogP contribution >= 0.6 is 24.0 Å². The van der Waals surface area contributed by atoms with E-state index in [-0.39, 0.29) is 23.5 Å². The van der Waals surface area contributed by atoms with Crippen LogP contribution in [-0.2, 0) is 6.18 Å². The van der Waals surface area contributed by atoms with Gasteiger partial charge in [-0.1, -0.05) is 24.1 Å². The quantitative estimate of drug-likeness (QED) is 0.843. The standard InChI is InChI=1S/C16H20ClF3N2.ClH/c17-14-5-4-12(10-13(14)16(18,19)20)15(11-2-1-3-11)22-8-6-21-7-9-22;/h4-5,10-11,15,21H,1-3,6-9H2;1H/t15-;/m1./s1. The molecule has 1 aliphatic carbocycles. The van der Waals surface area contributed by atoms with Crippen LogP contribution in [0.25, 0.3) is 0 Å². The van der Waals surface area contributed by atoms with E-state index in [1.807, 2.05) is 0 Å². The van der Waals surface area contributed by atoms with Crippen molar-refractivity contribution in [2.75, 3.05) is 26.2 Å². The van der Waals surface area contributed by atoms with Crippen LogP contribution in [0.1, 0.15) is 36.4 Å². The van der Waals surface area contributed by atoms with Gasteiger partial charge in [0.25, 0.3) is 0 Å². The predicted molar refractivity (Wildman–Crippen MR) is 88.2 cm³/mol. The van der Waals surface area contributed by atoms with Gasteiger partial charge in [-0.15, -0.1) is 12.4 Å². The molecule has 0 bridgehead atoms. The zero-order valence-electron chi connectivity index (χ0n) is 12.7. The Hall–Kier alpha value is -0.490. The van der Waals surface area contributed by atoms with Crippen molar-refractivity contribution < 1.29 is 13.2 Å².